The summed E-state index contributed by atoms with van der Waals surface area (Å²) in [7, 11) is 0. The Balaban J connectivity index is 2.96. The summed E-state index contributed by atoms with van der Waals surface area (Å²) in [6.07, 6.45) is 1.68. The zero-order valence-corrected chi connectivity index (χ0v) is 6.17. The van der Waals surface area contributed by atoms with Crippen molar-refractivity contribution >= 4 is 5.97 Å². The summed E-state index contributed by atoms with van der Waals surface area (Å²) >= 11 is 0. The van der Waals surface area contributed by atoms with Crippen LogP contribution in [-0.2, 0) is 9.53 Å². The average Bonchev–Trinajstić information content (AvgIpc) is 1.98. The van der Waals surface area contributed by atoms with Crippen LogP contribution >= 0.6 is 0 Å². The first-order chi connectivity index (χ1) is 4.81. The average molecular weight is 145 g/mol. The maximum Gasteiger partial charge on any atom is 0.305 e. The molecular formula is C7H13O3. The third kappa shape index (κ3) is 5.56. The van der Waals surface area contributed by atoms with E-state index in [-0.39, 0.29) is 12.6 Å². The standard InChI is InChI=1S/C7H13O3/c1-2-7(9)10-6-4-3-5-8/h6,8H,2-5H2,1H3. The minimum Gasteiger partial charge on any atom is -0.458 e. The van der Waals surface area contributed by atoms with Crippen molar-refractivity contribution in [1.82, 2.24) is 0 Å². The van der Waals surface area contributed by atoms with Crippen LogP contribution in [0.2, 0.25) is 0 Å². The van der Waals surface area contributed by atoms with E-state index in [0.717, 1.165) is 0 Å². The van der Waals surface area contributed by atoms with Crippen LogP contribution in [0, 0.1) is 6.61 Å². The van der Waals surface area contributed by atoms with Crippen molar-refractivity contribution in [3.63, 3.8) is 0 Å². The number of rotatable bonds is 5. The van der Waals surface area contributed by atoms with Gasteiger partial charge in [-0.05, 0) is 12.8 Å². The van der Waals surface area contributed by atoms with Gasteiger partial charge in [0.1, 0.15) is 6.61 Å². The normalized spacial score (nSPS) is 9.40. The summed E-state index contributed by atoms with van der Waals surface area (Å²) in [5.41, 5.74) is 0. The highest BCUT2D eigenvalue weighted by Gasteiger charge is 1.96. The minimum atomic E-state index is -0.224. The minimum absolute atomic E-state index is 0.139. The number of carbonyl (C=O) groups excluding carboxylic acids is 1. The van der Waals surface area contributed by atoms with Crippen LogP contribution < -0.4 is 0 Å². The van der Waals surface area contributed by atoms with Crippen molar-refractivity contribution in [2.24, 2.45) is 0 Å². The molecule has 0 heterocycles. The highest BCUT2D eigenvalue weighted by molar-refractivity contribution is 5.69. The maximum atomic E-state index is 10.5. The van der Waals surface area contributed by atoms with E-state index in [1.807, 2.05) is 0 Å². The molecular weight excluding hydrogens is 132 g/mol. The number of aliphatic hydroxyl groups excluding tert-OH is 1. The summed E-state index contributed by atoms with van der Waals surface area (Å²) in [5.74, 6) is -0.224. The summed E-state index contributed by atoms with van der Waals surface area (Å²) in [5, 5.41) is 8.33. The fraction of sp³-hybridized carbons (Fsp3) is 0.714. The molecule has 0 atom stereocenters. The second-order valence-electron chi connectivity index (χ2n) is 1.88. The molecule has 59 valence electrons. The fourth-order valence-electron chi connectivity index (χ4n) is 0.410. The van der Waals surface area contributed by atoms with Crippen molar-refractivity contribution in [2.75, 3.05) is 6.61 Å². The van der Waals surface area contributed by atoms with Crippen LogP contribution in [0.25, 0.3) is 0 Å². The van der Waals surface area contributed by atoms with Crippen LogP contribution in [0.5, 0.6) is 0 Å². The van der Waals surface area contributed by atoms with E-state index in [1.54, 1.807) is 6.92 Å². The predicted octanol–water partition coefficient (Wildman–Crippen LogP) is 0.874. The Morgan fingerprint density at radius 3 is 2.90 bits per heavy atom. The molecule has 0 saturated heterocycles. The predicted molar refractivity (Wildman–Crippen MR) is 37.0 cm³/mol. The molecule has 0 saturated carbocycles. The first-order valence-electron chi connectivity index (χ1n) is 3.43. The smallest absolute Gasteiger partial charge is 0.305 e. The number of esters is 1. The van der Waals surface area contributed by atoms with Gasteiger partial charge in [0.25, 0.3) is 0 Å². The fourth-order valence-corrected chi connectivity index (χ4v) is 0.410. The topological polar surface area (TPSA) is 46.5 Å². The Kier molecular flexibility index (Phi) is 6.18. The zero-order chi connectivity index (χ0) is 7.82. The largest absolute Gasteiger partial charge is 0.458 e. The van der Waals surface area contributed by atoms with Crippen LogP contribution in [0.4, 0.5) is 0 Å². The molecule has 0 spiro atoms. The third-order valence-corrected chi connectivity index (χ3v) is 0.984. The van der Waals surface area contributed by atoms with E-state index < -0.39 is 0 Å². The molecule has 0 aromatic carbocycles. The van der Waals surface area contributed by atoms with E-state index in [9.17, 15) is 4.79 Å². The van der Waals surface area contributed by atoms with Gasteiger partial charge < -0.3 is 9.84 Å². The molecule has 0 aliphatic heterocycles. The second kappa shape index (κ2) is 6.55. The Morgan fingerprint density at radius 1 is 1.70 bits per heavy atom. The van der Waals surface area contributed by atoms with Crippen molar-refractivity contribution < 1.29 is 14.6 Å². The van der Waals surface area contributed by atoms with Crippen molar-refractivity contribution in [3.05, 3.63) is 6.61 Å². The number of hydrogen-bond donors (Lipinski definition) is 1. The van der Waals surface area contributed by atoms with Gasteiger partial charge in [-0.25, -0.2) is 0 Å². The molecule has 0 rings (SSSR count). The summed E-state index contributed by atoms with van der Waals surface area (Å²) in [4.78, 5) is 10.5. The summed E-state index contributed by atoms with van der Waals surface area (Å²) < 4.78 is 4.62. The number of ether oxygens (including phenoxy) is 1. The quantitative estimate of drug-likeness (QED) is 0.461. The summed E-state index contributed by atoms with van der Waals surface area (Å²) in [6, 6.07) is 0. The molecule has 0 aliphatic rings. The number of hydrogen-bond acceptors (Lipinski definition) is 3. The monoisotopic (exact) mass is 145 g/mol. The number of carbonyl (C=O) groups is 1. The van der Waals surface area contributed by atoms with Gasteiger partial charge in [0, 0.05) is 13.0 Å². The molecule has 3 nitrogen and oxygen atoms in total. The molecule has 1 radical (unpaired) electrons. The SMILES string of the molecule is CCC(=O)O[CH]CCCO. The van der Waals surface area contributed by atoms with E-state index in [2.05, 4.69) is 4.74 Å². The number of unbranched alkanes of at least 4 members (excludes halogenated alkanes) is 1. The van der Waals surface area contributed by atoms with E-state index in [1.165, 1.54) is 6.61 Å². The molecule has 0 amide bonds. The molecule has 3 heteroatoms. The highest BCUT2D eigenvalue weighted by Crippen LogP contribution is 1.95. The molecule has 0 fully saturated rings. The lowest BCUT2D eigenvalue weighted by atomic mass is 10.3. The van der Waals surface area contributed by atoms with Gasteiger partial charge in [-0.15, -0.1) is 0 Å². The lowest BCUT2D eigenvalue weighted by molar-refractivity contribution is -0.140. The number of aliphatic hydroxyl groups is 1. The van der Waals surface area contributed by atoms with E-state index in [4.69, 9.17) is 5.11 Å². The lowest BCUT2D eigenvalue weighted by Crippen LogP contribution is -1.99. The van der Waals surface area contributed by atoms with Gasteiger partial charge in [-0.3, -0.25) is 4.79 Å². The van der Waals surface area contributed by atoms with Crippen LogP contribution in [0.15, 0.2) is 0 Å². The van der Waals surface area contributed by atoms with Gasteiger partial charge in [-0.2, -0.15) is 0 Å². The Labute approximate surface area is 61.0 Å². The van der Waals surface area contributed by atoms with Gasteiger partial charge in [0.15, 0.2) is 0 Å². The maximum absolute atomic E-state index is 10.5. The van der Waals surface area contributed by atoms with E-state index >= 15 is 0 Å². The molecule has 0 bridgehead atoms. The third-order valence-electron chi connectivity index (χ3n) is 0.984. The van der Waals surface area contributed by atoms with E-state index in [0.29, 0.717) is 19.3 Å². The molecule has 0 aromatic heterocycles. The second-order valence-corrected chi connectivity index (χ2v) is 1.88. The molecule has 0 aliphatic carbocycles. The van der Waals surface area contributed by atoms with Crippen LogP contribution in [-0.4, -0.2) is 17.7 Å². The van der Waals surface area contributed by atoms with Crippen molar-refractivity contribution in [3.8, 4) is 0 Å². The Morgan fingerprint density at radius 2 is 2.40 bits per heavy atom. The Hall–Kier alpha value is -0.570. The van der Waals surface area contributed by atoms with Gasteiger partial charge in [-0.1, -0.05) is 6.92 Å². The van der Waals surface area contributed by atoms with Gasteiger partial charge >= 0.3 is 5.97 Å². The zero-order valence-electron chi connectivity index (χ0n) is 6.17. The summed E-state index contributed by atoms with van der Waals surface area (Å²) in [6.45, 7) is 3.31. The highest BCUT2D eigenvalue weighted by atomic mass is 16.5. The van der Waals surface area contributed by atoms with Crippen LogP contribution in [0.1, 0.15) is 26.2 Å². The molecule has 0 aromatic rings. The molecule has 10 heavy (non-hydrogen) atoms. The Bertz CT molecular complexity index is 90.9. The first kappa shape index (κ1) is 9.43. The molecule has 1 N–H and O–H groups in total. The lowest BCUT2D eigenvalue weighted by Gasteiger charge is -1.99. The molecule has 0 unspecified atom stereocenters. The first-order valence-corrected chi connectivity index (χ1v) is 3.43. The van der Waals surface area contributed by atoms with Crippen molar-refractivity contribution in [2.45, 2.75) is 26.2 Å². The van der Waals surface area contributed by atoms with Crippen LogP contribution in [0.3, 0.4) is 0 Å². The van der Waals surface area contributed by atoms with Gasteiger partial charge in [0.2, 0.25) is 0 Å². The van der Waals surface area contributed by atoms with Gasteiger partial charge in [0.05, 0.1) is 0 Å². The van der Waals surface area contributed by atoms with Crippen molar-refractivity contribution in [1.29, 1.82) is 0 Å².